The van der Waals surface area contributed by atoms with Crippen molar-refractivity contribution in [1.29, 1.82) is 0 Å². The van der Waals surface area contributed by atoms with Gasteiger partial charge in [0.05, 0.1) is 5.25 Å². The molecule has 0 spiro atoms. The second kappa shape index (κ2) is 5.57. The van der Waals surface area contributed by atoms with Crippen LogP contribution in [0.15, 0.2) is 6.20 Å². The van der Waals surface area contributed by atoms with E-state index >= 15 is 0 Å². The van der Waals surface area contributed by atoms with Gasteiger partial charge < -0.3 is 5.32 Å². The van der Waals surface area contributed by atoms with Crippen molar-refractivity contribution in [3.05, 3.63) is 23.3 Å². The molecular formula is C14H21N3S. The van der Waals surface area contributed by atoms with Gasteiger partial charge in [-0.25, -0.2) is 9.97 Å². The summed E-state index contributed by atoms with van der Waals surface area (Å²) in [4.78, 5) is 9.45. The van der Waals surface area contributed by atoms with Gasteiger partial charge in [-0.1, -0.05) is 0 Å². The van der Waals surface area contributed by atoms with E-state index in [0.717, 1.165) is 31.1 Å². The number of fused-ring (bicyclic) bond motifs is 1. The van der Waals surface area contributed by atoms with Crippen LogP contribution in [-0.4, -0.2) is 29.3 Å². The van der Waals surface area contributed by atoms with Crippen LogP contribution in [-0.2, 0) is 12.8 Å². The van der Waals surface area contributed by atoms with E-state index in [1.807, 2.05) is 18.8 Å². The standard InChI is InChI=1S/C14H21N3S/c1-15-8-10-4-5-12-11(7-10)9-16-14(17-12)13-3-2-6-18-13/h9-10,13,15H,2-8H2,1H3. The fourth-order valence-corrected chi connectivity index (χ4v) is 4.21. The normalized spacial score (nSPS) is 27.2. The van der Waals surface area contributed by atoms with E-state index in [9.17, 15) is 0 Å². The van der Waals surface area contributed by atoms with Gasteiger partial charge in [0.2, 0.25) is 0 Å². The van der Waals surface area contributed by atoms with Gasteiger partial charge in [0.1, 0.15) is 5.82 Å². The minimum Gasteiger partial charge on any atom is -0.319 e. The Balaban J connectivity index is 1.76. The highest BCUT2D eigenvalue weighted by Gasteiger charge is 2.24. The fraction of sp³-hybridized carbons (Fsp3) is 0.714. The Hall–Kier alpha value is -0.610. The number of aromatic nitrogens is 2. The van der Waals surface area contributed by atoms with E-state index in [0.29, 0.717) is 5.25 Å². The Bertz CT molecular complexity index is 416. The molecule has 0 bridgehead atoms. The minimum atomic E-state index is 0.560. The molecule has 0 saturated carbocycles. The smallest absolute Gasteiger partial charge is 0.141 e. The zero-order chi connectivity index (χ0) is 12.4. The molecule has 0 amide bonds. The average Bonchev–Trinajstić information content (AvgIpc) is 2.92. The predicted molar refractivity (Wildman–Crippen MR) is 75.9 cm³/mol. The van der Waals surface area contributed by atoms with Crippen molar-refractivity contribution in [3.63, 3.8) is 0 Å². The van der Waals surface area contributed by atoms with Gasteiger partial charge in [0.25, 0.3) is 0 Å². The maximum atomic E-state index is 4.84. The van der Waals surface area contributed by atoms with Crippen molar-refractivity contribution in [2.45, 2.75) is 37.4 Å². The second-order valence-electron chi connectivity index (χ2n) is 5.37. The number of hydrogen-bond acceptors (Lipinski definition) is 4. The highest BCUT2D eigenvalue weighted by Crippen LogP contribution is 2.38. The molecule has 18 heavy (non-hydrogen) atoms. The third-order valence-electron chi connectivity index (χ3n) is 3.98. The van der Waals surface area contributed by atoms with E-state index in [2.05, 4.69) is 16.5 Å². The first-order chi connectivity index (χ1) is 8.86. The number of aryl methyl sites for hydroxylation is 1. The van der Waals surface area contributed by atoms with Crippen molar-refractivity contribution in [2.75, 3.05) is 19.3 Å². The quantitative estimate of drug-likeness (QED) is 0.908. The summed E-state index contributed by atoms with van der Waals surface area (Å²) in [5.41, 5.74) is 2.70. The summed E-state index contributed by atoms with van der Waals surface area (Å²) in [6.45, 7) is 1.11. The molecule has 1 fully saturated rings. The summed E-state index contributed by atoms with van der Waals surface area (Å²) in [7, 11) is 2.03. The zero-order valence-electron chi connectivity index (χ0n) is 11.0. The molecule has 0 radical (unpaired) electrons. The lowest BCUT2D eigenvalue weighted by Gasteiger charge is -2.24. The molecule has 1 aliphatic carbocycles. The summed E-state index contributed by atoms with van der Waals surface area (Å²) in [5.74, 6) is 3.12. The first-order valence-corrected chi connectivity index (χ1v) is 8.02. The molecule has 2 aliphatic rings. The van der Waals surface area contributed by atoms with Gasteiger partial charge >= 0.3 is 0 Å². The molecule has 2 heterocycles. The molecule has 2 unspecified atom stereocenters. The fourth-order valence-electron chi connectivity index (χ4n) is 3.00. The maximum absolute atomic E-state index is 4.84. The maximum Gasteiger partial charge on any atom is 0.141 e. The number of thioether (sulfide) groups is 1. The van der Waals surface area contributed by atoms with Crippen LogP contribution >= 0.6 is 11.8 Å². The molecule has 98 valence electrons. The first-order valence-electron chi connectivity index (χ1n) is 6.97. The Kier molecular flexibility index (Phi) is 3.85. The summed E-state index contributed by atoms with van der Waals surface area (Å²) in [5, 5.41) is 3.84. The lowest BCUT2D eigenvalue weighted by atomic mass is 9.87. The van der Waals surface area contributed by atoms with Gasteiger partial charge in [0, 0.05) is 11.9 Å². The Morgan fingerprint density at radius 3 is 3.17 bits per heavy atom. The van der Waals surface area contributed by atoms with Gasteiger partial charge in [-0.3, -0.25) is 0 Å². The molecular weight excluding hydrogens is 242 g/mol. The highest BCUT2D eigenvalue weighted by atomic mass is 32.2. The van der Waals surface area contributed by atoms with Crippen molar-refractivity contribution in [3.8, 4) is 0 Å². The molecule has 3 rings (SSSR count). The highest BCUT2D eigenvalue weighted by molar-refractivity contribution is 7.99. The van der Waals surface area contributed by atoms with Gasteiger partial charge in [-0.05, 0) is 62.9 Å². The molecule has 3 nitrogen and oxygen atoms in total. The SMILES string of the molecule is CNCC1CCc2nc(C3CCCS3)ncc2C1. The third-order valence-corrected chi connectivity index (χ3v) is 5.35. The largest absolute Gasteiger partial charge is 0.319 e. The molecule has 1 N–H and O–H groups in total. The molecule has 0 aromatic carbocycles. The van der Waals surface area contributed by atoms with Crippen LogP contribution in [0.4, 0.5) is 0 Å². The topological polar surface area (TPSA) is 37.8 Å². The lowest BCUT2D eigenvalue weighted by molar-refractivity contribution is 0.433. The number of nitrogens with one attached hydrogen (secondary N) is 1. The van der Waals surface area contributed by atoms with E-state index in [1.54, 1.807) is 0 Å². The van der Waals surface area contributed by atoms with Crippen LogP contribution in [0.5, 0.6) is 0 Å². The molecule has 4 heteroatoms. The lowest BCUT2D eigenvalue weighted by Crippen LogP contribution is -2.25. The molecule has 1 aromatic rings. The molecule has 1 aromatic heterocycles. The summed E-state index contributed by atoms with van der Waals surface area (Å²) < 4.78 is 0. The Labute approximate surface area is 113 Å². The minimum absolute atomic E-state index is 0.560. The van der Waals surface area contributed by atoms with E-state index in [4.69, 9.17) is 4.98 Å². The van der Waals surface area contributed by atoms with Crippen molar-refractivity contribution in [1.82, 2.24) is 15.3 Å². The Morgan fingerprint density at radius 2 is 2.39 bits per heavy atom. The summed E-state index contributed by atoms with van der Waals surface area (Å²) in [6.07, 6.45) is 8.22. The van der Waals surface area contributed by atoms with Gasteiger partial charge in [0.15, 0.2) is 0 Å². The second-order valence-corrected chi connectivity index (χ2v) is 6.68. The zero-order valence-corrected chi connectivity index (χ0v) is 11.8. The number of rotatable bonds is 3. The van der Waals surface area contributed by atoms with E-state index in [-0.39, 0.29) is 0 Å². The molecule has 1 aliphatic heterocycles. The van der Waals surface area contributed by atoms with Crippen molar-refractivity contribution < 1.29 is 0 Å². The number of nitrogens with zero attached hydrogens (tertiary/aromatic N) is 2. The Morgan fingerprint density at radius 1 is 1.44 bits per heavy atom. The van der Waals surface area contributed by atoms with E-state index in [1.165, 1.54) is 36.3 Å². The van der Waals surface area contributed by atoms with Crippen LogP contribution in [0.1, 0.15) is 41.6 Å². The van der Waals surface area contributed by atoms with Gasteiger partial charge in [-0.15, -0.1) is 0 Å². The van der Waals surface area contributed by atoms with Crippen LogP contribution in [0.25, 0.3) is 0 Å². The molecule has 1 saturated heterocycles. The predicted octanol–water partition coefficient (Wildman–Crippen LogP) is 2.37. The monoisotopic (exact) mass is 263 g/mol. The molecule has 2 atom stereocenters. The van der Waals surface area contributed by atoms with Crippen molar-refractivity contribution >= 4 is 11.8 Å². The first kappa shape index (κ1) is 12.4. The van der Waals surface area contributed by atoms with Crippen LogP contribution in [0.3, 0.4) is 0 Å². The van der Waals surface area contributed by atoms with Crippen LogP contribution in [0.2, 0.25) is 0 Å². The van der Waals surface area contributed by atoms with Crippen molar-refractivity contribution in [2.24, 2.45) is 5.92 Å². The van der Waals surface area contributed by atoms with Crippen LogP contribution < -0.4 is 5.32 Å². The number of hydrogen-bond donors (Lipinski definition) is 1. The average molecular weight is 263 g/mol. The third kappa shape index (κ3) is 2.54. The van der Waals surface area contributed by atoms with Gasteiger partial charge in [-0.2, -0.15) is 11.8 Å². The summed E-state index contributed by atoms with van der Waals surface area (Å²) >= 11 is 2.02. The summed E-state index contributed by atoms with van der Waals surface area (Å²) in [6, 6.07) is 0. The van der Waals surface area contributed by atoms with E-state index < -0.39 is 0 Å². The van der Waals surface area contributed by atoms with Crippen LogP contribution in [0, 0.1) is 5.92 Å².